The maximum atomic E-state index is 14.3. The first-order valence-corrected chi connectivity index (χ1v) is 21.1. The van der Waals surface area contributed by atoms with Crippen molar-refractivity contribution in [1.29, 1.82) is 0 Å². The maximum Gasteiger partial charge on any atom is 1.00 e. The summed E-state index contributed by atoms with van der Waals surface area (Å²) in [6.45, 7) is 5.31. The molecule has 0 fully saturated rings. The van der Waals surface area contributed by atoms with E-state index in [2.05, 4.69) is 0 Å². The fraction of sp³-hybridized carbons (Fsp3) is 0.238. The first-order valence-electron chi connectivity index (χ1n) is 17.3. The number of rotatable bonds is 15. The Labute approximate surface area is 391 Å². The summed E-state index contributed by atoms with van der Waals surface area (Å²) in [5, 5.41) is 25.3. The Morgan fingerprint density at radius 2 is 0.833 bits per heavy atom. The van der Waals surface area contributed by atoms with Crippen LogP contribution < -0.4 is 69.3 Å². The van der Waals surface area contributed by atoms with Gasteiger partial charge in [0.25, 0.3) is 0 Å². The molecule has 0 heterocycles. The van der Waals surface area contributed by atoms with Crippen LogP contribution in [0.3, 0.4) is 0 Å². The van der Waals surface area contributed by atoms with Crippen molar-refractivity contribution in [3.8, 4) is 0 Å². The van der Waals surface area contributed by atoms with Crippen molar-refractivity contribution in [3.63, 3.8) is 0 Å². The quantitative estimate of drug-likeness (QED) is 0.0564. The van der Waals surface area contributed by atoms with Gasteiger partial charge in [-0.25, -0.2) is 25.6 Å². The molecule has 12 nitrogen and oxygen atoms in total. The van der Waals surface area contributed by atoms with Crippen molar-refractivity contribution in [2.45, 2.75) is 61.5 Å². The van der Waals surface area contributed by atoms with E-state index in [0.29, 0.717) is 0 Å². The molecule has 0 aliphatic heterocycles. The molecule has 0 unspecified atom stereocenters. The second-order valence-electron chi connectivity index (χ2n) is 14.2. The van der Waals surface area contributed by atoms with Crippen molar-refractivity contribution in [2.75, 3.05) is 12.5 Å². The van der Waals surface area contributed by atoms with Gasteiger partial charge in [0.05, 0.1) is 34.6 Å². The van der Waals surface area contributed by atoms with Gasteiger partial charge >= 0.3 is 71.1 Å². The Morgan fingerprint density at radius 3 is 1.08 bits per heavy atom. The predicted octanol–water partition coefficient (Wildman–Crippen LogP) is -1.77. The Hall–Kier alpha value is -4.00. The maximum absolute atomic E-state index is 14.3. The number of aliphatic carboxylic acids is 2. The molecule has 60 heavy (non-hydrogen) atoms. The number of esters is 2. The van der Waals surface area contributed by atoms with Crippen molar-refractivity contribution in [3.05, 3.63) is 131 Å². The minimum atomic E-state index is -3.67. The third-order valence-corrected chi connectivity index (χ3v) is 11.0. The van der Waals surface area contributed by atoms with E-state index >= 15 is 0 Å². The largest absolute Gasteiger partial charge is 1.00 e. The molecule has 0 aromatic heterocycles. The normalized spacial score (nSPS) is 12.7. The second-order valence-corrected chi connectivity index (χ2v) is 18.2. The summed E-state index contributed by atoms with van der Waals surface area (Å²) in [5.74, 6) is -7.19. The number of carboxylic acids is 2. The molecule has 4 aromatic rings. The van der Waals surface area contributed by atoms with E-state index in [1.807, 2.05) is 0 Å². The summed E-state index contributed by atoms with van der Waals surface area (Å²) in [6.07, 6.45) is 0.632. The number of hydrogen-bond acceptors (Lipinski definition) is 12. The molecule has 306 valence electrons. The summed E-state index contributed by atoms with van der Waals surface area (Å²) in [7, 11) is -7.34. The van der Waals surface area contributed by atoms with Crippen LogP contribution in [0.1, 0.15) is 62.8 Å². The number of carboxylic acid groups (broad SMARTS) is 2. The van der Waals surface area contributed by atoms with Gasteiger partial charge in [-0.3, -0.25) is 9.59 Å². The van der Waals surface area contributed by atoms with Crippen molar-refractivity contribution < 1.29 is 124 Å². The zero-order chi connectivity index (χ0) is 43.4. The SMILES string of the molecule is CC(C)(OC(=O)CCC(=O)OC(C)(C)/C(=C(\C(=O)[O-])c1cccc(F)c1)c1ccc(S(C)(=O)=O)cc1)/C(=C(\C(=O)[O-])c1cccc(F)c1)c1ccc(S(C)(=O)=O)cc1.[Na+].[Na+]. The molecule has 0 saturated carbocycles. The van der Waals surface area contributed by atoms with Gasteiger partial charge in [0.1, 0.15) is 22.8 Å². The average Bonchev–Trinajstić information content (AvgIpc) is 3.10. The van der Waals surface area contributed by atoms with Crippen LogP contribution in [0.15, 0.2) is 107 Å². The first kappa shape index (κ1) is 52.1. The van der Waals surface area contributed by atoms with Gasteiger partial charge in [0.2, 0.25) is 0 Å². The number of halogens is 2. The van der Waals surface area contributed by atoms with E-state index in [9.17, 15) is 55.0 Å². The molecule has 0 amide bonds. The zero-order valence-corrected chi connectivity index (χ0v) is 39.8. The van der Waals surface area contributed by atoms with E-state index in [1.54, 1.807) is 0 Å². The smallest absolute Gasteiger partial charge is 0.545 e. The Bertz CT molecular complexity index is 2390. The minimum Gasteiger partial charge on any atom is -0.545 e. The number of carbonyl (C=O) groups is 4. The molecule has 0 aliphatic rings. The van der Waals surface area contributed by atoms with Gasteiger partial charge in [-0.15, -0.1) is 0 Å². The number of hydrogen-bond donors (Lipinski definition) is 0. The third kappa shape index (κ3) is 13.2. The van der Waals surface area contributed by atoms with Gasteiger partial charge in [-0.2, -0.15) is 0 Å². The first-order chi connectivity index (χ1) is 26.8. The second kappa shape index (κ2) is 20.7. The van der Waals surface area contributed by atoms with Crippen LogP contribution in [0, 0.1) is 11.6 Å². The molecule has 0 spiro atoms. The van der Waals surface area contributed by atoms with E-state index in [-0.39, 0.29) is 102 Å². The van der Waals surface area contributed by atoms with Gasteiger partial charge < -0.3 is 29.3 Å². The summed E-state index contributed by atoms with van der Waals surface area (Å²) in [5.41, 5.74) is -5.37. The zero-order valence-electron chi connectivity index (χ0n) is 34.1. The third-order valence-electron chi connectivity index (χ3n) is 8.75. The molecule has 0 bridgehead atoms. The van der Waals surface area contributed by atoms with Crippen LogP contribution in [0.4, 0.5) is 8.78 Å². The van der Waals surface area contributed by atoms with Crippen LogP contribution in [0.25, 0.3) is 22.3 Å². The molecule has 4 aromatic carbocycles. The Morgan fingerprint density at radius 1 is 0.533 bits per heavy atom. The fourth-order valence-corrected chi connectivity index (χ4v) is 7.58. The number of ether oxygens (including phenoxy) is 2. The topological polar surface area (TPSA) is 201 Å². The van der Waals surface area contributed by atoms with E-state index in [0.717, 1.165) is 36.8 Å². The molecular formula is C42H38F2Na2O12S2. The molecule has 18 heteroatoms. The van der Waals surface area contributed by atoms with Crippen LogP contribution in [0.2, 0.25) is 0 Å². The van der Waals surface area contributed by atoms with Gasteiger partial charge in [-0.05, 0) is 98.5 Å². The molecule has 0 N–H and O–H groups in total. The van der Waals surface area contributed by atoms with Crippen molar-refractivity contribution >= 4 is 65.8 Å². The Balaban J connectivity index is 0.00000620. The molecule has 0 atom stereocenters. The standard InChI is InChI=1S/C42H40F2O12S2.2Na/c1-41(2,37(25-13-17-31(18-14-25)57(5,51)52)35(39(47)48)27-9-7-11-29(43)23-27)55-33(45)21-22-34(46)56-42(3,4)38(26-15-19-32(20-16-26)58(6,53)54)36(40(49)50)28-10-8-12-30(44)24-28;;/h7-20,23-24H,21-22H2,1-6H3,(H,47,48)(H,49,50);;/q;2*+1/p-2/b37-35-,38-36-;;. The van der Waals surface area contributed by atoms with Crippen molar-refractivity contribution in [1.82, 2.24) is 0 Å². The van der Waals surface area contributed by atoms with Gasteiger partial charge in [0.15, 0.2) is 19.7 Å². The van der Waals surface area contributed by atoms with Crippen LogP contribution in [-0.4, -0.2) is 64.4 Å². The molecular weight excluding hydrogens is 845 g/mol. The van der Waals surface area contributed by atoms with Gasteiger partial charge in [-0.1, -0.05) is 48.5 Å². The van der Waals surface area contributed by atoms with Crippen LogP contribution >= 0.6 is 0 Å². The number of benzene rings is 4. The molecule has 0 radical (unpaired) electrons. The van der Waals surface area contributed by atoms with Crippen molar-refractivity contribution in [2.24, 2.45) is 0 Å². The van der Waals surface area contributed by atoms with Crippen LogP contribution in [0.5, 0.6) is 0 Å². The monoisotopic (exact) mass is 882 g/mol. The summed E-state index contributed by atoms with van der Waals surface area (Å²) in [4.78, 5) is 51.9. The molecule has 0 saturated heterocycles. The number of carbonyl (C=O) groups excluding carboxylic acids is 4. The molecule has 4 rings (SSSR count). The van der Waals surface area contributed by atoms with E-state index < -0.39 is 90.4 Å². The van der Waals surface area contributed by atoms with E-state index in [1.165, 1.54) is 100 Å². The summed E-state index contributed by atoms with van der Waals surface area (Å²) in [6, 6.07) is 19.1. The van der Waals surface area contributed by atoms with E-state index in [4.69, 9.17) is 9.47 Å². The fourth-order valence-electron chi connectivity index (χ4n) is 6.32. The summed E-state index contributed by atoms with van der Waals surface area (Å²) >= 11 is 0. The minimum absolute atomic E-state index is 0. The Kier molecular flexibility index (Phi) is 18.0. The predicted molar refractivity (Wildman–Crippen MR) is 205 cm³/mol. The van der Waals surface area contributed by atoms with Gasteiger partial charge in [0, 0.05) is 34.8 Å². The molecule has 0 aliphatic carbocycles. The number of sulfone groups is 2. The van der Waals surface area contributed by atoms with Crippen LogP contribution in [-0.2, 0) is 48.3 Å². The average molecular weight is 883 g/mol. The summed E-state index contributed by atoms with van der Waals surface area (Å²) < 4.78 is 88.6.